The van der Waals surface area contributed by atoms with E-state index in [4.69, 9.17) is 0 Å². The summed E-state index contributed by atoms with van der Waals surface area (Å²) in [5.41, 5.74) is 0.681. The van der Waals surface area contributed by atoms with Gasteiger partial charge < -0.3 is 15.1 Å². The molecule has 0 amide bonds. The number of halogens is 2. The van der Waals surface area contributed by atoms with Crippen molar-refractivity contribution in [1.82, 2.24) is 15.2 Å². The van der Waals surface area contributed by atoms with Crippen LogP contribution in [0.5, 0.6) is 0 Å². The van der Waals surface area contributed by atoms with Gasteiger partial charge in [0.1, 0.15) is 10.8 Å². The van der Waals surface area contributed by atoms with Crippen molar-refractivity contribution in [3.8, 4) is 0 Å². The van der Waals surface area contributed by atoms with Gasteiger partial charge in [0.15, 0.2) is 5.96 Å². The number of guanidine groups is 1. The molecule has 0 unspecified atom stereocenters. The number of rotatable bonds is 4. The summed E-state index contributed by atoms with van der Waals surface area (Å²) in [6.45, 7) is 6.00. The maximum atomic E-state index is 13.9. The number of hydrogen-bond acceptors (Lipinski definition) is 4. The molecule has 1 aromatic heterocycles. The normalized spacial score (nSPS) is 15.0. The molecule has 0 bridgehead atoms. The molecule has 0 saturated carbocycles. The van der Waals surface area contributed by atoms with Gasteiger partial charge in [0.05, 0.1) is 12.2 Å². The van der Waals surface area contributed by atoms with Crippen molar-refractivity contribution in [2.24, 2.45) is 4.99 Å². The van der Waals surface area contributed by atoms with E-state index in [1.54, 1.807) is 24.5 Å². The lowest BCUT2D eigenvalue weighted by Crippen LogP contribution is -2.52. The van der Waals surface area contributed by atoms with Crippen LogP contribution in [0.25, 0.3) is 0 Å². The molecule has 0 spiro atoms. The first-order valence-electron chi connectivity index (χ1n) is 8.60. The zero-order valence-electron chi connectivity index (χ0n) is 15.1. The molecule has 2 heterocycles. The number of nitrogens with one attached hydrogen (secondary N) is 1. The van der Waals surface area contributed by atoms with Gasteiger partial charge in [-0.05, 0) is 18.6 Å². The van der Waals surface area contributed by atoms with Crippen molar-refractivity contribution < 1.29 is 4.39 Å². The molecule has 1 aliphatic rings. The van der Waals surface area contributed by atoms with E-state index in [1.807, 2.05) is 18.3 Å². The Hall–Kier alpha value is -1.42. The molecule has 1 aliphatic heterocycles. The molecule has 3 rings (SSSR count). The largest absolute Gasteiger partial charge is 0.366 e. The van der Waals surface area contributed by atoms with E-state index in [0.717, 1.165) is 43.6 Å². The summed E-state index contributed by atoms with van der Waals surface area (Å²) >= 11 is 1.73. The number of aryl methyl sites for hydroxylation is 1. The number of anilines is 1. The molecule has 0 atom stereocenters. The van der Waals surface area contributed by atoms with Crippen LogP contribution in [0.15, 0.2) is 35.5 Å². The maximum absolute atomic E-state index is 13.9. The van der Waals surface area contributed by atoms with Gasteiger partial charge in [-0.25, -0.2) is 9.37 Å². The van der Waals surface area contributed by atoms with Crippen LogP contribution in [0, 0.1) is 5.82 Å². The highest BCUT2D eigenvalue weighted by Crippen LogP contribution is 2.20. The first kappa shape index (κ1) is 20.9. The second kappa shape index (κ2) is 10.1. The number of aliphatic imine (C=N–C) groups is 1. The third kappa shape index (κ3) is 5.06. The van der Waals surface area contributed by atoms with Crippen molar-refractivity contribution in [3.63, 3.8) is 0 Å². The van der Waals surface area contributed by atoms with Crippen molar-refractivity contribution in [3.05, 3.63) is 46.2 Å². The second-order valence-electron chi connectivity index (χ2n) is 5.90. The second-order valence-corrected chi connectivity index (χ2v) is 7.10. The first-order chi connectivity index (χ1) is 12.2. The van der Waals surface area contributed by atoms with Gasteiger partial charge in [-0.1, -0.05) is 19.1 Å². The van der Waals surface area contributed by atoms with Gasteiger partial charge >= 0.3 is 0 Å². The number of thiazole rings is 1. The summed E-state index contributed by atoms with van der Waals surface area (Å²) < 4.78 is 13.9. The summed E-state index contributed by atoms with van der Waals surface area (Å²) in [4.78, 5) is 14.4. The number of aromatic nitrogens is 1. The summed E-state index contributed by atoms with van der Waals surface area (Å²) in [6.07, 6.45) is 2.96. The smallest absolute Gasteiger partial charge is 0.194 e. The predicted molar refractivity (Wildman–Crippen MR) is 117 cm³/mol. The number of para-hydroxylation sites is 1. The van der Waals surface area contributed by atoms with Gasteiger partial charge in [0, 0.05) is 44.3 Å². The molecular formula is C18H25FIN5S. The van der Waals surface area contributed by atoms with Crippen LogP contribution in [0.3, 0.4) is 0 Å². The van der Waals surface area contributed by atoms with Gasteiger partial charge in [-0.3, -0.25) is 4.99 Å². The predicted octanol–water partition coefficient (Wildman–Crippen LogP) is 3.36. The number of piperazine rings is 1. The topological polar surface area (TPSA) is 43.8 Å². The fourth-order valence-corrected chi connectivity index (χ4v) is 3.75. The molecule has 0 aliphatic carbocycles. The average molecular weight is 489 g/mol. The van der Waals surface area contributed by atoms with E-state index in [2.05, 4.69) is 32.0 Å². The summed E-state index contributed by atoms with van der Waals surface area (Å²) in [7, 11) is 1.80. The third-order valence-corrected chi connectivity index (χ3v) is 5.47. The summed E-state index contributed by atoms with van der Waals surface area (Å²) in [5, 5.41) is 4.46. The molecule has 5 nitrogen and oxygen atoms in total. The van der Waals surface area contributed by atoms with Gasteiger partial charge in [-0.2, -0.15) is 0 Å². The fourth-order valence-electron chi connectivity index (χ4n) is 2.95. The van der Waals surface area contributed by atoms with E-state index in [0.29, 0.717) is 12.2 Å². The Morgan fingerprint density at radius 3 is 2.62 bits per heavy atom. The Morgan fingerprint density at radius 1 is 1.27 bits per heavy atom. The van der Waals surface area contributed by atoms with Gasteiger partial charge in [-0.15, -0.1) is 35.3 Å². The lowest BCUT2D eigenvalue weighted by molar-refractivity contribution is 0.370. The molecule has 8 heteroatoms. The Kier molecular flexibility index (Phi) is 8.08. The van der Waals surface area contributed by atoms with Crippen molar-refractivity contribution in [2.75, 3.05) is 38.1 Å². The third-order valence-electron chi connectivity index (χ3n) is 4.33. The zero-order valence-corrected chi connectivity index (χ0v) is 18.3. The first-order valence-corrected chi connectivity index (χ1v) is 9.41. The molecule has 1 saturated heterocycles. The van der Waals surface area contributed by atoms with Gasteiger partial charge in [0.25, 0.3) is 0 Å². The van der Waals surface area contributed by atoms with Crippen LogP contribution < -0.4 is 10.2 Å². The average Bonchev–Trinajstić information content (AvgIpc) is 3.11. The van der Waals surface area contributed by atoms with Crippen LogP contribution in [-0.4, -0.2) is 49.1 Å². The summed E-state index contributed by atoms with van der Waals surface area (Å²) in [6, 6.07) is 6.96. The minimum Gasteiger partial charge on any atom is -0.366 e. The standard InChI is InChI=1S/C18H24FN5S.HI/c1-3-14-12-21-17(25-14)13-22-18(20-2)24-10-8-23(9-11-24)16-7-5-4-6-15(16)19;/h4-7,12H,3,8-11,13H2,1-2H3,(H,20,22);1H. The maximum Gasteiger partial charge on any atom is 0.194 e. The Labute approximate surface area is 175 Å². The minimum atomic E-state index is -0.158. The van der Waals surface area contributed by atoms with E-state index in [1.165, 1.54) is 10.9 Å². The van der Waals surface area contributed by atoms with E-state index >= 15 is 0 Å². The lowest BCUT2D eigenvalue weighted by atomic mass is 10.2. The van der Waals surface area contributed by atoms with Crippen LogP contribution in [-0.2, 0) is 13.0 Å². The molecule has 2 aromatic rings. The SMILES string of the molecule is CCc1cnc(CNC(=NC)N2CCN(c3ccccc3F)CC2)s1.I. The number of nitrogens with zero attached hydrogens (tertiary/aromatic N) is 4. The zero-order chi connectivity index (χ0) is 17.6. The van der Waals surface area contributed by atoms with Gasteiger partial charge in [0.2, 0.25) is 0 Å². The molecule has 0 radical (unpaired) electrons. The fraction of sp³-hybridized carbons (Fsp3) is 0.444. The highest BCUT2D eigenvalue weighted by molar-refractivity contribution is 14.0. The Bertz CT molecular complexity index is 728. The lowest BCUT2D eigenvalue weighted by Gasteiger charge is -2.37. The highest BCUT2D eigenvalue weighted by atomic mass is 127. The molecule has 142 valence electrons. The van der Waals surface area contributed by atoms with Crippen LogP contribution in [0.1, 0.15) is 16.8 Å². The summed E-state index contributed by atoms with van der Waals surface area (Å²) in [5.74, 6) is 0.718. The molecule has 1 fully saturated rings. The van der Waals surface area contributed by atoms with E-state index in [9.17, 15) is 4.39 Å². The molecular weight excluding hydrogens is 464 g/mol. The Balaban J connectivity index is 0.00000243. The monoisotopic (exact) mass is 489 g/mol. The molecule has 26 heavy (non-hydrogen) atoms. The Morgan fingerprint density at radius 2 is 2.00 bits per heavy atom. The van der Waals surface area contributed by atoms with Crippen LogP contribution >= 0.6 is 35.3 Å². The highest BCUT2D eigenvalue weighted by Gasteiger charge is 2.21. The van der Waals surface area contributed by atoms with E-state index in [-0.39, 0.29) is 29.8 Å². The quantitative estimate of drug-likeness (QED) is 0.407. The number of hydrogen-bond donors (Lipinski definition) is 1. The van der Waals surface area contributed by atoms with Crippen molar-refractivity contribution in [2.45, 2.75) is 19.9 Å². The minimum absolute atomic E-state index is 0. The van der Waals surface area contributed by atoms with Crippen LogP contribution in [0.2, 0.25) is 0 Å². The van der Waals surface area contributed by atoms with Crippen LogP contribution in [0.4, 0.5) is 10.1 Å². The van der Waals surface area contributed by atoms with Crippen molar-refractivity contribution >= 4 is 47.0 Å². The molecule has 1 aromatic carbocycles. The number of benzene rings is 1. The van der Waals surface area contributed by atoms with E-state index < -0.39 is 0 Å². The molecule has 1 N–H and O–H groups in total. The van der Waals surface area contributed by atoms with Crippen molar-refractivity contribution in [1.29, 1.82) is 0 Å².